The molecule has 0 aliphatic heterocycles. The number of fused-ring (bicyclic) bond motifs is 19. The van der Waals surface area contributed by atoms with Crippen molar-refractivity contribution in [3.63, 3.8) is 0 Å². The second kappa shape index (κ2) is 31.9. The van der Waals surface area contributed by atoms with Crippen LogP contribution in [0.4, 0.5) is 0 Å². The topological polar surface area (TPSA) is 118 Å². The maximum Gasteiger partial charge on any atom is 0.238 e. The summed E-state index contributed by atoms with van der Waals surface area (Å²) in [6, 6.07) is 163. The van der Waals surface area contributed by atoms with Gasteiger partial charge in [0.05, 0.1) is 49.2 Å². The summed E-state index contributed by atoms with van der Waals surface area (Å²) in [4.78, 5) is 42.5. The van der Waals surface area contributed by atoms with Crippen LogP contribution in [0, 0.1) is 0 Å². The van der Waals surface area contributed by atoms with Crippen LogP contribution < -0.4 is 0 Å². The molecule has 0 amide bonds. The van der Waals surface area contributed by atoms with Crippen LogP contribution in [0.3, 0.4) is 0 Å². The lowest BCUT2D eigenvalue weighted by atomic mass is 9.90. The van der Waals surface area contributed by atoms with E-state index in [4.69, 9.17) is 39.9 Å². The highest BCUT2D eigenvalue weighted by atomic mass is 32.1. The fraction of sp³-hybridized carbons (Fsp3) is 0. The number of hydrogen-bond acceptors (Lipinski definition) is 9. The maximum absolute atomic E-state index is 5.71. The Balaban J connectivity index is 0.556. The Morgan fingerprint density at radius 1 is 0.154 bits per heavy atom. The predicted molar refractivity (Wildman–Crippen MR) is 562 cm³/mol. The second-order valence-corrected chi connectivity index (χ2v) is 35.9. The lowest BCUT2D eigenvalue weighted by Gasteiger charge is -2.16. The fourth-order valence-corrected chi connectivity index (χ4v) is 21.7. The first kappa shape index (κ1) is 77.8. The minimum absolute atomic E-state index is 0.555. The van der Waals surface area contributed by atoms with E-state index in [1.165, 1.54) is 63.3 Å². The third kappa shape index (κ3) is 13.2. The van der Waals surface area contributed by atoms with Gasteiger partial charge < -0.3 is 9.13 Å². The van der Waals surface area contributed by atoms with E-state index in [-0.39, 0.29) is 0 Å². The summed E-state index contributed by atoms with van der Waals surface area (Å²) < 4.78 is 9.53. The minimum atomic E-state index is 0.555. The Labute approximate surface area is 784 Å². The zero-order chi connectivity index (χ0) is 89.4. The van der Waals surface area contributed by atoms with Crippen LogP contribution in [-0.4, -0.2) is 53.6 Å². The third-order valence-corrected chi connectivity index (χ3v) is 28.1. The summed E-state index contributed by atoms with van der Waals surface area (Å²) in [6.07, 6.45) is 0. The van der Waals surface area contributed by atoms with Crippen LogP contribution in [0.15, 0.2) is 455 Å². The number of hydrogen-bond donors (Lipinski definition) is 0. The average molecular weight is 1750 g/mol. The highest BCUT2D eigenvalue weighted by molar-refractivity contribution is 7.26. The molecule has 0 radical (unpaired) electrons. The first-order chi connectivity index (χ1) is 67.4. The largest absolute Gasteiger partial charge is 0.309 e. The Morgan fingerprint density at radius 2 is 0.471 bits per heavy atom. The van der Waals surface area contributed by atoms with Crippen LogP contribution in [-0.2, 0) is 0 Å². The van der Waals surface area contributed by atoms with Gasteiger partial charge in [0, 0.05) is 104 Å². The highest BCUT2D eigenvalue weighted by Crippen LogP contribution is 2.47. The van der Waals surface area contributed by atoms with Gasteiger partial charge in [-0.15, -0.1) is 11.3 Å². The van der Waals surface area contributed by atoms with Gasteiger partial charge in [-0.25, -0.2) is 29.9 Å². The van der Waals surface area contributed by atoms with E-state index >= 15 is 0 Å². The SMILES string of the molecule is c1ccc(-c2cc(-c3cccc(-c4ccc(-c5nc(-c6ccccc6)nc(-n6c7ccccc7c7ccc8c9ccccc9sc8c76)n5)cc4)c3)nc(-c3cc(-n4c5ccccc5c5ccccc54)cc(-n4c5ccccc5c5cc(-c6ccc7c8cc(-c9cccc(-c%10cccc(-c%11nc(-c%12ccccc%12)nc(-c%12ccccc%12)n%11)c%10)c9)ccc8c8ccccc8c7c6)ccc54)c3)n2)cc1. The lowest BCUT2D eigenvalue weighted by Crippen LogP contribution is -2.06. The molecule has 0 spiro atoms. The summed E-state index contributed by atoms with van der Waals surface area (Å²) in [7, 11) is 0. The molecule has 0 bridgehead atoms. The molecule has 7 heterocycles. The number of para-hydroxylation sites is 4. The van der Waals surface area contributed by atoms with Crippen molar-refractivity contribution < 1.29 is 0 Å². The van der Waals surface area contributed by atoms with Crippen molar-refractivity contribution in [2.45, 2.75) is 0 Å². The summed E-state index contributed by atoms with van der Waals surface area (Å²) in [6.45, 7) is 0. The van der Waals surface area contributed by atoms with E-state index in [1.54, 1.807) is 0 Å². The standard InChI is InChI=1S/C124H75N11S/c1-5-28-77(29-6-1)108-75-109(89-40-26-36-82(67-89)76-54-56-81(57-55-76)121-130-120(80-34-11-4-12-35-80)131-124(132-121)135-113-52-23-17-46-100(113)103-63-64-104-102-48-19-24-53-115(102)136-117(104)116(103)135)126-123(125-108)91-69-92(133-110-49-20-15-44-98(110)99-45-16-21-50-111(99)133)74-93(70-91)134-112-51-22-18-47-101(112)107-73-88(60-65-114(107)134)87-59-62-97-105(72-87)95-43-14-13-42-94(95)96-61-58-86(71-106(96)97)84-38-25-37-83(66-84)85-39-27-41-90(68-85)122-128-118(78-30-7-2-8-31-78)127-119(129-122)79-32-9-3-10-33-79/h1-75H. The maximum atomic E-state index is 5.71. The lowest BCUT2D eigenvalue weighted by molar-refractivity contribution is 0.955. The predicted octanol–water partition coefficient (Wildman–Crippen LogP) is 32.0. The quantitative estimate of drug-likeness (QED) is 0.0932. The second-order valence-electron chi connectivity index (χ2n) is 34.9. The first-order valence-electron chi connectivity index (χ1n) is 45.8. The molecule has 20 aromatic carbocycles. The molecule has 7 aromatic heterocycles. The van der Waals surface area contributed by atoms with E-state index in [9.17, 15) is 0 Å². The van der Waals surface area contributed by atoms with Gasteiger partial charge in [-0.2, -0.15) is 9.97 Å². The van der Waals surface area contributed by atoms with Crippen molar-refractivity contribution in [2.24, 2.45) is 0 Å². The van der Waals surface area contributed by atoms with Gasteiger partial charge >= 0.3 is 0 Å². The van der Waals surface area contributed by atoms with E-state index in [2.05, 4.69) is 390 Å². The molecular weight excluding hydrogens is 1680 g/mol. The summed E-state index contributed by atoms with van der Waals surface area (Å²) >= 11 is 1.81. The van der Waals surface area contributed by atoms with Gasteiger partial charge in [0.25, 0.3) is 0 Å². The number of aromatic nitrogens is 11. The molecule has 27 aromatic rings. The first-order valence-corrected chi connectivity index (χ1v) is 46.6. The van der Waals surface area contributed by atoms with Crippen molar-refractivity contribution >= 4 is 129 Å². The molecule has 11 nitrogen and oxygen atoms in total. The van der Waals surface area contributed by atoms with Gasteiger partial charge in [0.15, 0.2) is 34.9 Å². The van der Waals surface area contributed by atoms with Crippen LogP contribution in [0.1, 0.15) is 0 Å². The molecule has 0 saturated carbocycles. The van der Waals surface area contributed by atoms with E-state index < -0.39 is 0 Å². The number of thiophene rings is 1. The number of benzene rings is 20. The molecule has 0 fully saturated rings. The normalized spacial score (nSPS) is 11.8. The van der Waals surface area contributed by atoms with Crippen molar-refractivity contribution in [1.82, 2.24) is 53.6 Å². The molecule has 0 aliphatic rings. The van der Waals surface area contributed by atoms with Crippen molar-refractivity contribution in [3.05, 3.63) is 455 Å². The molecule has 0 N–H and O–H groups in total. The van der Waals surface area contributed by atoms with Gasteiger partial charge in [-0.3, -0.25) is 4.57 Å². The van der Waals surface area contributed by atoms with Gasteiger partial charge in [0.2, 0.25) is 5.95 Å². The third-order valence-electron chi connectivity index (χ3n) is 26.9. The van der Waals surface area contributed by atoms with Crippen LogP contribution >= 0.6 is 11.3 Å². The van der Waals surface area contributed by atoms with E-state index in [1.807, 2.05) is 90.2 Å². The van der Waals surface area contributed by atoms with Crippen molar-refractivity contribution in [3.8, 4) is 153 Å². The molecule has 0 unspecified atom stereocenters. The summed E-state index contributed by atoms with van der Waals surface area (Å²) in [5, 5.41) is 16.6. The molecule has 0 aliphatic carbocycles. The number of nitrogens with zero attached hydrogens (tertiary/aromatic N) is 11. The van der Waals surface area contributed by atoms with Gasteiger partial charge in [-0.1, -0.05) is 358 Å². The molecule has 0 atom stereocenters. The summed E-state index contributed by atoms with van der Waals surface area (Å²) in [5.74, 6) is 4.19. The average Bonchev–Trinajstić information content (AvgIpc) is 1.51. The van der Waals surface area contributed by atoms with Gasteiger partial charge in [0.1, 0.15) is 0 Å². The zero-order valence-electron chi connectivity index (χ0n) is 73.1. The molecule has 12 heteroatoms. The van der Waals surface area contributed by atoms with Crippen LogP contribution in [0.25, 0.3) is 271 Å². The fourth-order valence-electron chi connectivity index (χ4n) is 20.5. The Hall–Kier alpha value is -18.1. The van der Waals surface area contributed by atoms with Crippen molar-refractivity contribution in [1.29, 1.82) is 0 Å². The van der Waals surface area contributed by atoms with Crippen LogP contribution in [0.5, 0.6) is 0 Å². The molecule has 136 heavy (non-hydrogen) atoms. The van der Waals surface area contributed by atoms with Crippen LogP contribution in [0.2, 0.25) is 0 Å². The van der Waals surface area contributed by atoms with Gasteiger partial charge in [-0.05, 0) is 174 Å². The summed E-state index contributed by atoms with van der Waals surface area (Å²) in [5.41, 5.74) is 26.0. The van der Waals surface area contributed by atoms with Crippen molar-refractivity contribution in [2.75, 3.05) is 0 Å². The Morgan fingerprint density at radius 3 is 1.01 bits per heavy atom. The van der Waals surface area contributed by atoms with E-state index in [0.717, 1.165) is 166 Å². The van der Waals surface area contributed by atoms with E-state index in [0.29, 0.717) is 40.9 Å². The zero-order valence-corrected chi connectivity index (χ0v) is 73.9. The monoisotopic (exact) mass is 1750 g/mol. The molecule has 0 saturated heterocycles. The highest BCUT2D eigenvalue weighted by Gasteiger charge is 2.26. The Kier molecular flexibility index (Phi) is 18.2. The smallest absolute Gasteiger partial charge is 0.238 e. The molecule has 27 rings (SSSR count). The Bertz CT molecular complexity index is 9450. The molecule has 632 valence electrons. The molecular formula is C124H75N11S. The number of rotatable bonds is 15. The minimum Gasteiger partial charge on any atom is -0.309 e.